The van der Waals surface area contributed by atoms with Crippen LogP contribution in [0.2, 0.25) is 0 Å². The zero-order valence-corrected chi connectivity index (χ0v) is 10.1. The lowest BCUT2D eigenvalue weighted by atomic mass is 9.72. The summed E-state index contributed by atoms with van der Waals surface area (Å²) in [6, 6.07) is 10.7. The summed E-state index contributed by atoms with van der Waals surface area (Å²) >= 11 is 0. The second kappa shape index (κ2) is 5.49. The van der Waals surface area contributed by atoms with Crippen LogP contribution in [-0.4, -0.2) is 11.2 Å². The van der Waals surface area contributed by atoms with Gasteiger partial charge in [-0.15, -0.1) is 0 Å². The summed E-state index contributed by atoms with van der Waals surface area (Å²) < 4.78 is 0. The summed E-state index contributed by atoms with van der Waals surface area (Å²) in [4.78, 5) is 0. The van der Waals surface area contributed by atoms with E-state index in [2.05, 4.69) is 37.3 Å². The Morgan fingerprint density at radius 1 is 1.19 bits per heavy atom. The smallest absolute Gasteiger partial charge is 0.0571 e. The molecule has 1 fully saturated rings. The largest absolute Gasteiger partial charge is 0.393 e. The Morgan fingerprint density at radius 2 is 1.88 bits per heavy atom. The molecule has 1 aliphatic rings. The minimum Gasteiger partial charge on any atom is -0.393 e. The second-order valence-corrected chi connectivity index (χ2v) is 4.94. The van der Waals surface area contributed by atoms with Gasteiger partial charge in [0.1, 0.15) is 0 Å². The summed E-state index contributed by atoms with van der Waals surface area (Å²) in [7, 11) is 0. The van der Waals surface area contributed by atoms with Gasteiger partial charge in [-0.3, -0.25) is 0 Å². The van der Waals surface area contributed by atoms with E-state index >= 15 is 0 Å². The van der Waals surface area contributed by atoms with Crippen LogP contribution in [0.15, 0.2) is 30.3 Å². The molecule has 0 saturated heterocycles. The molecule has 16 heavy (non-hydrogen) atoms. The highest BCUT2D eigenvalue weighted by Gasteiger charge is 2.30. The van der Waals surface area contributed by atoms with E-state index in [1.54, 1.807) is 0 Å². The molecule has 0 aromatic heterocycles. The molecule has 1 nitrogen and oxygen atoms in total. The van der Waals surface area contributed by atoms with E-state index in [1.807, 2.05) is 0 Å². The van der Waals surface area contributed by atoms with E-state index in [-0.39, 0.29) is 6.10 Å². The molecule has 3 unspecified atom stereocenters. The van der Waals surface area contributed by atoms with Gasteiger partial charge in [-0.1, -0.05) is 50.1 Å². The Labute approximate surface area is 98.5 Å². The van der Waals surface area contributed by atoms with Crippen LogP contribution in [-0.2, 0) is 0 Å². The molecule has 1 heteroatoms. The summed E-state index contributed by atoms with van der Waals surface area (Å²) in [6.45, 7) is 2.08. The fourth-order valence-corrected chi connectivity index (χ4v) is 3.04. The maximum atomic E-state index is 10.1. The molecule has 0 spiro atoms. The highest BCUT2D eigenvalue weighted by molar-refractivity contribution is 5.21. The molecule has 0 aliphatic heterocycles. The van der Waals surface area contributed by atoms with Crippen molar-refractivity contribution in [2.45, 2.75) is 51.0 Å². The average molecular weight is 218 g/mol. The number of hydrogen-bond acceptors (Lipinski definition) is 1. The van der Waals surface area contributed by atoms with E-state index in [0.29, 0.717) is 11.8 Å². The minimum atomic E-state index is -0.120. The SMILES string of the molecule is CCC(O)C1CCCCC1c1ccccc1. The van der Waals surface area contributed by atoms with Gasteiger partial charge >= 0.3 is 0 Å². The number of hydrogen-bond donors (Lipinski definition) is 1. The van der Waals surface area contributed by atoms with Crippen molar-refractivity contribution in [1.29, 1.82) is 0 Å². The first-order valence-corrected chi connectivity index (χ1v) is 6.56. The molecule has 0 heterocycles. The van der Waals surface area contributed by atoms with Gasteiger partial charge < -0.3 is 5.11 Å². The Balaban J connectivity index is 2.16. The number of rotatable bonds is 3. The predicted octanol–water partition coefficient (Wildman–Crippen LogP) is 3.73. The molecule has 1 aliphatic carbocycles. The lowest BCUT2D eigenvalue weighted by Gasteiger charge is -2.35. The van der Waals surface area contributed by atoms with Crippen LogP contribution >= 0.6 is 0 Å². The number of benzene rings is 1. The van der Waals surface area contributed by atoms with Crippen molar-refractivity contribution in [2.24, 2.45) is 5.92 Å². The van der Waals surface area contributed by atoms with E-state index in [9.17, 15) is 5.11 Å². The lowest BCUT2D eigenvalue weighted by Crippen LogP contribution is -2.28. The highest BCUT2D eigenvalue weighted by Crippen LogP contribution is 2.40. The number of aliphatic hydroxyl groups excluding tert-OH is 1. The van der Waals surface area contributed by atoms with E-state index in [1.165, 1.54) is 31.2 Å². The Bertz CT molecular complexity index is 306. The summed E-state index contributed by atoms with van der Waals surface area (Å²) in [5.74, 6) is 1.05. The van der Waals surface area contributed by atoms with Crippen LogP contribution in [0.3, 0.4) is 0 Å². The Morgan fingerprint density at radius 3 is 2.56 bits per heavy atom. The van der Waals surface area contributed by atoms with Gasteiger partial charge in [0.15, 0.2) is 0 Å². The van der Waals surface area contributed by atoms with Gasteiger partial charge in [0.05, 0.1) is 6.10 Å². The van der Waals surface area contributed by atoms with Crippen LogP contribution < -0.4 is 0 Å². The van der Waals surface area contributed by atoms with E-state index < -0.39 is 0 Å². The van der Waals surface area contributed by atoms with E-state index in [0.717, 1.165) is 6.42 Å². The maximum Gasteiger partial charge on any atom is 0.0571 e. The molecule has 1 N–H and O–H groups in total. The monoisotopic (exact) mass is 218 g/mol. The number of aliphatic hydroxyl groups is 1. The molecule has 3 atom stereocenters. The average Bonchev–Trinajstić information content (AvgIpc) is 2.39. The third-order valence-electron chi connectivity index (χ3n) is 3.96. The molecule has 1 aromatic carbocycles. The van der Waals surface area contributed by atoms with Crippen LogP contribution in [0.25, 0.3) is 0 Å². The quantitative estimate of drug-likeness (QED) is 0.819. The van der Waals surface area contributed by atoms with Crippen molar-refractivity contribution >= 4 is 0 Å². The van der Waals surface area contributed by atoms with Crippen molar-refractivity contribution in [2.75, 3.05) is 0 Å². The second-order valence-electron chi connectivity index (χ2n) is 4.94. The molecule has 1 aromatic rings. The van der Waals surface area contributed by atoms with Crippen LogP contribution in [0, 0.1) is 5.92 Å². The van der Waals surface area contributed by atoms with Crippen LogP contribution in [0.5, 0.6) is 0 Å². The third kappa shape index (κ3) is 2.46. The Kier molecular flexibility index (Phi) is 4.00. The zero-order chi connectivity index (χ0) is 11.4. The van der Waals surface area contributed by atoms with Crippen LogP contribution in [0.1, 0.15) is 50.5 Å². The standard InChI is InChI=1S/C15H22O/c1-2-15(16)14-11-7-6-10-13(14)12-8-4-3-5-9-12/h3-5,8-9,13-16H,2,6-7,10-11H2,1H3. The first kappa shape index (κ1) is 11.7. The molecule has 0 radical (unpaired) electrons. The minimum absolute atomic E-state index is 0.120. The van der Waals surface area contributed by atoms with Crippen molar-refractivity contribution < 1.29 is 5.11 Å². The lowest BCUT2D eigenvalue weighted by molar-refractivity contribution is 0.0678. The molecule has 0 amide bonds. The fraction of sp³-hybridized carbons (Fsp3) is 0.600. The third-order valence-corrected chi connectivity index (χ3v) is 3.96. The predicted molar refractivity (Wildman–Crippen MR) is 67.4 cm³/mol. The van der Waals surface area contributed by atoms with Crippen molar-refractivity contribution in [3.63, 3.8) is 0 Å². The van der Waals surface area contributed by atoms with Crippen molar-refractivity contribution in [3.8, 4) is 0 Å². The van der Waals surface area contributed by atoms with E-state index in [4.69, 9.17) is 0 Å². The molecular formula is C15H22O. The van der Waals surface area contributed by atoms with Crippen molar-refractivity contribution in [1.82, 2.24) is 0 Å². The molecular weight excluding hydrogens is 196 g/mol. The highest BCUT2D eigenvalue weighted by atomic mass is 16.3. The van der Waals surface area contributed by atoms with Gasteiger partial charge in [-0.2, -0.15) is 0 Å². The van der Waals surface area contributed by atoms with Gasteiger partial charge in [-0.25, -0.2) is 0 Å². The zero-order valence-electron chi connectivity index (χ0n) is 10.1. The fourth-order valence-electron chi connectivity index (χ4n) is 3.04. The molecule has 1 saturated carbocycles. The van der Waals surface area contributed by atoms with Gasteiger partial charge in [0.2, 0.25) is 0 Å². The Hall–Kier alpha value is -0.820. The molecule has 2 rings (SSSR count). The van der Waals surface area contributed by atoms with Crippen molar-refractivity contribution in [3.05, 3.63) is 35.9 Å². The summed E-state index contributed by atoms with van der Waals surface area (Å²) in [6.07, 6.45) is 5.79. The first-order valence-electron chi connectivity index (χ1n) is 6.56. The van der Waals surface area contributed by atoms with Gasteiger partial charge in [-0.05, 0) is 36.7 Å². The summed E-state index contributed by atoms with van der Waals surface area (Å²) in [5.41, 5.74) is 1.42. The molecule has 0 bridgehead atoms. The normalized spacial score (nSPS) is 27.6. The van der Waals surface area contributed by atoms with Gasteiger partial charge in [0.25, 0.3) is 0 Å². The molecule has 88 valence electrons. The van der Waals surface area contributed by atoms with Gasteiger partial charge in [0, 0.05) is 0 Å². The maximum absolute atomic E-state index is 10.1. The topological polar surface area (TPSA) is 20.2 Å². The summed E-state index contributed by atoms with van der Waals surface area (Å²) in [5, 5.41) is 10.1. The van der Waals surface area contributed by atoms with Crippen LogP contribution in [0.4, 0.5) is 0 Å². The first-order chi connectivity index (χ1) is 7.83.